The number of likely N-dealkylation sites (tertiary alicyclic amines) is 1. The maximum atomic E-state index is 13.6. The lowest BCUT2D eigenvalue weighted by molar-refractivity contribution is 0.0534. The average molecular weight is 456 g/mol. The van der Waals surface area contributed by atoms with Crippen LogP contribution in [0.25, 0.3) is 0 Å². The zero-order valence-corrected chi connectivity index (χ0v) is 19.9. The van der Waals surface area contributed by atoms with Gasteiger partial charge in [-0.05, 0) is 61.6 Å². The van der Waals surface area contributed by atoms with Crippen molar-refractivity contribution >= 4 is 21.6 Å². The van der Waals surface area contributed by atoms with Gasteiger partial charge in [-0.2, -0.15) is 0 Å². The van der Waals surface area contributed by atoms with Crippen molar-refractivity contribution in [2.75, 3.05) is 36.7 Å². The Morgan fingerprint density at radius 1 is 1.12 bits per heavy atom. The summed E-state index contributed by atoms with van der Waals surface area (Å²) in [4.78, 5) is 18.0. The van der Waals surface area contributed by atoms with E-state index in [4.69, 9.17) is 0 Å². The summed E-state index contributed by atoms with van der Waals surface area (Å²) in [7, 11) is -3.29. The monoisotopic (exact) mass is 455 g/mol. The minimum atomic E-state index is -3.29. The number of nitrogens with zero attached hydrogens (tertiary/aromatic N) is 3. The lowest BCUT2D eigenvalue weighted by atomic mass is 10.0. The van der Waals surface area contributed by atoms with Crippen molar-refractivity contribution in [3.8, 4) is 0 Å². The molecule has 0 N–H and O–H groups in total. The van der Waals surface area contributed by atoms with Crippen LogP contribution in [0, 0.1) is 0 Å². The van der Waals surface area contributed by atoms with E-state index in [1.807, 2.05) is 17.0 Å². The molecule has 6 nitrogen and oxygen atoms in total. The third-order valence-corrected chi connectivity index (χ3v) is 7.66. The van der Waals surface area contributed by atoms with Crippen LogP contribution in [0.15, 0.2) is 48.5 Å². The molecule has 1 saturated heterocycles. The Hall–Kier alpha value is -2.38. The largest absolute Gasteiger partial charge is 0.334 e. The van der Waals surface area contributed by atoms with E-state index in [2.05, 4.69) is 36.1 Å². The van der Waals surface area contributed by atoms with Crippen molar-refractivity contribution in [3.05, 3.63) is 65.2 Å². The molecule has 0 bridgehead atoms. The Kier molecular flexibility index (Phi) is 6.86. The lowest BCUT2D eigenvalue weighted by Gasteiger charge is -2.39. The molecular weight excluding hydrogens is 422 g/mol. The molecule has 1 fully saturated rings. The molecule has 2 aromatic rings. The number of hydrogen-bond donors (Lipinski definition) is 0. The van der Waals surface area contributed by atoms with Crippen molar-refractivity contribution in [2.24, 2.45) is 0 Å². The Morgan fingerprint density at radius 3 is 2.62 bits per heavy atom. The minimum absolute atomic E-state index is 0.0546. The number of piperidine rings is 1. The number of carbonyl (C=O) groups is 1. The van der Waals surface area contributed by atoms with Gasteiger partial charge in [0.05, 0.1) is 11.9 Å². The van der Waals surface area contributed by atoms with Crippen LogP contribution in [0.5, 0.6) is 0 Å². The van der Waals surface area contributed by atoms with Crippen LogP contribution in [-0.2, 0) is 23.0 Å². The number of anilines is 1. The normalized spacial score (nSPS) is 19.1. The molecule has 2 aliphatic rings. The van der Waals surface area contributed by atoms with Crippen LogP contribution in [0.3, 0.4) is 0 Å². The minimum Gasteiger partial charge on any atom is -0.334 e. The van der Waals surface area contributed by atoms with E-state index in [9.17, 15) is 13.2 Å². The fraction of sp³-hybridized carbons (Fsp3) is 0.480. The first kappa shape index (κ1) is 22.8. The molecule has 0 unspecified atom stereocenters. The maximum Gasteiger partial charge on any atom is 0.254 e. The Bertz CT molecular complexity index is 1060. The number of amides is 1. The van der Waals surface area contributed by atoms with Gasteiger partial charge in [-0.25, -0.2) is 8.42 Å². The topological polar surface area (TPSA) is 60.9 Å². The molecule has 4 rings (SSSR count). The maximum absolute atomic E-state index is 13.6. The van der Waals surface area contributed by atoms with E-state index in [0.717, 1.165) is 51.0 Å². The molecule has 1 amide bonds. The number of benzene rings is 2. The second kappa shape index (κ2) is 9.63. The smallest absolute Gasteiger partial charge is 0.254 e. The van der Waals surface area contributed by atoms with Gasteiger partial charge in [-0.15, -0.1) is 0 Å². The fourth-order valence-corrected chi connectivity index (χ4v) is 5.93. The van der Waals surface area contributed by atoms with E-state index in [0.29, 0.717) is 24.2 Å². The summed E-state index contributed by atoms with van der Waals surface area (Å²) >= 11 is 0. The average Bonchev–Trinajstić information content (AvgIpc) is 3.22. The number of rotatable bonds is 7. The van der Waals surface area contributed by atoms with Crippen LogP contribution in [0.4, 0.5) is 5.69 Å². The summed E-state index contributed by atoms with van der Waals surface area (Å²) in [6.07, 6.45) is 4.88. The molecule has 172 valence electrons. The molecule has 0 saturated carbocycles. The lowest BCUT2D eigenvalue weighted by Crippen LogP contribution is -2.50. The molecule has 1 atom stereocenters. The van der Waals surface area contributed by atoms with Gasteiger partial charge in [0.25, 0.3) is 5.91 Å². The van der Waals surface area contributed by atoms with E-state index in [1.165, 1.54) is 16.1 Å². The van der Waals surface area contributed by atoms with E-state index in [1.54, 1.807) is 12.1 Å². The zero-order chi connectivity index (χ0) is 22.7. The van der Waals surface area contributed by atoms with Crippen molar-refractivity contribution in [2.45, 2.75) is 45.2 Å². The van der Waals surface area contributed by atoms with Gasteiger partial charge < -0.3 is 4.90 Å². The van der Waals surface area contributed by atoms with Gasteiger partial charge in [0, 0.05) is 37.8 Å². The Balaban J connectivity index is 1.50. The first-order valence-corrected chi connectivity index (χ1v) is 13.4. The highest BCUT2D eigenvalue weighted by atomic mass is 32.2. The van der Waals surface area contributed by atoms with Crippen molar-refractivity contribution in [1.82, 2.24) is 9.80 Å². The summed E-state index contributed by atoms with van der Waals surface area (Å²) in [5.41, 5.74) is 3.60. The Labute approximate surface area is 191 Å². The van der Waals surface area contributed by atoms with Gasteiger partial charge in [-0.3, -0.25) is 14.0 Å². The SMILES string of the molecule is CCCN(C(=O)c1ccc2c(c1)CCN2S(C)(=O)=O)[C@H]1CCCN(Cc2ccccc2)C1. The second-order valence-electron chi connectivity index (χ2n) is 8.94. The summed E-state index contributed by atoms with van der Waals surface area (Å²) in [5.74, 6) is 0.0546. The van der Waals surface area contributed by atoms with Gasteiger partial charge in [0.2, 0.25) is 10.0 Å². The predicted molar refractivity (Wildman–Crippen MR) is 128 cm³/mol. The van der Waals surface area contributed by atoms with Gasteiger partial charge >= 0.3 is 0 Å². The highest BCUT2D eigenvalue weighted by Gasteiger charge is 2.31. The Morgan fingerprint density at radius 2 is 1.91 bits per heavy atom. The first-order valence-electron chi connectivity index (χ1n) is 11.5. The molecule has 7 heteroatoms. The summed E-state index contributed by atoms with van der Waals surface area (Å²) in [5, 5.41) is 0. The number of sulfonamides is 1. The highest BCUT2D eigenvalue weighted by Crippen LogP contribution is 2.31. The van der Waals surface area contributed by atoms with Gasteiger partial charge in [0.1, 0.15) is 0 Å². The molecule has 32 heavy (non-hydrogen) atoms. The fourth-order valence-electron chi connectivity index (χ4n) is 4.98. The molecule has 0 radical (unpaired) electrons. The van der Waals surface area contributed by atoms with Crippen molar-refractivity contribution in [1.29, 1.82) is 0 Å². The number of carbonyl (C=O) groups excluding carboxylic acids is 1. The van der Waals surface area contributed by atoms with Crippen LogP contribution >= 0.6 is 0 Å². The standard InChI is InChI=1S/C25H33N3O3S/c1-3-14-27(23-10-7-15-26(19-23)18-20-8-5-4-6-9-20)25(29)22-11-12-24-21(17-22)13-16-28(24)32(2,30)31/h4-6,8-9,11-12,17,23H,3,7,10,13-16,18-19H2,1-2H3/t23-/m0/s1. The third kappa shape index (κ3) is 4.99. The summed E-state index contributed by atoms with van der Waals surface area (Å²) in [6.45, 7) is 6.13. The molecule has 0 spiro atoms. The molecular formula is C25H33N3O3S. The third-order valence-electron chi connectivity index (χ3n) is 6.48. The molecule has 0 aromatic heterocycles. The van der Waals surface area contributed by atoms with Crippen LogP contribution in [-0.4, -0.2) is 62.6 Å². The quantitative estimate of drug-likeness (QED) is 0.641. The van der Waals surface area contributed by atoms with E-state index >= 15 is 0 Å². The van der Waals surface area contributed by atoms with Crippen molar-refractivity contribution < 1.29 is 13.2 Å². The van der Waals surface area contributed by atoms with Gasteiger partial charge in [0.15, 0.2) is 0 Å². The van der Waals surface area contributed by atoms with E-state index < -0.39 is 10.0 Å². The highest BCUT2D eigenvalue weighted by molar-refractivity contribution is 7.92. The number of hydrogen-bond acceptors (Lipinski definition) is 4. The summed E-state index contributed by atoms with van der Waals surface area (Å²) < 4.78 is 25.5. The second-order valence-corrected chi connectivity index (χ2v) is 10.9. The molecule has 0 aliphatic carbocycles. The van der Waals surface area contributed by atoms with E-state index in [-0.39, 0.29) is 11.9 Å². The summed E-state index contributed by atoms with van der Waals surface area (Å²) in [6, 6.07) is 16.2. The van der Waals surface area contributed by atoms with Crippen LogP contribution < -0.4 is 4.31 Å². The number of fused-ring (bicyclic) bond motifs is 1. The van der Waals surface area contributed by atoms with Crippen LogP contribution in [0.1, 0.15) is 47.7 Å². The first-order chi connectivity index (χ1) is 15.4. The van der Waals surface area contributed by atoms with Crippen LogP contribution in [0.2, 0.25) is 0 Å². The molecule has 2 heterocycles. The predicted octanol–water partition coefficient (Wildman–Crippen LogP) is 3.53. The van der Waals surface area contributed by atoms with Crippen molar-refractivity contribution in [3.63, 3.8) is 0 Å². The zero-order valence-electron chi connectivity index (χ0n) is 19.0. The van der Waals surface area contributed by atoms with Gasteiger partial charge in [-0.1, -0.05) is 37.3 Å². The molecule has 2 aromatic carbocycles. The molecule has 2 aliphatic heterocycles.